The molecule has 0 bridgehead atoms. The highest BCUT2D eigenvalue weighted by Gasteiger charge is 2.12. The molecule has 4 nitrogen and oxygen atoms in total. The maximum atomic E-state index is 11.9. The first kappa shape index (κ1) is 15.6. The summed E-state index contributed by atoms with van der Waals surface area (Å²) in [5.41, 5.74) is 2.35. The van der Waals surface area contributed by atoms with E-state index in [2.05, 4.69) is 32.0 Å². The minimum atomic E-state index is -0.245. The van der Waals surface area contributed by atoms with Gasteiger partial charge in [0.15, 0.2) is 0 Å². The van der Waals surface area contributed by atoms with Crippen LogP contribution in [0.15, 0.2) is 30.5 Å². The molecule has 114 valence electrons. The molecule has 2 aromatic rings. The van der Waals surface area contributed by atoms with Crippen LogP contribution in [0, 0.1) is 0 Å². The van der Waals surface area contributed by atoms with Gasteiger partial charge in [0, 0.05) is 18.8 Å². The van der Waals surface area contributed by atoms with E-state index < -0.39 is 0 Å². The van der Waals surface area contributed by atoms with E-state index in [4.69, 9.17) is 9.47 Å². The fraction of sp³-hybridized carbons (Fsp3) is 0.471. The second-order valence-corrected chi connectivity index (χ2v) is 5.67. The lowest BCUT2D eigenvalue weighted by Gasteiger charge is -2.13. The fourth-order valence-corrected chi connectivity index (χ4v) is 2.39. The van der Waals surface area contributed by atoms with Gasteiger partial charge in [-0.05, 0) is 42.0 Å². The summed E-state index contributed by atoms with van der Waals surface area (Å²) in [6.07, 6.45) is 1.70. The van der Waals surface area contributed by atoms with E-state index in [1.54, 1.807) is 7.11 Å². The highest BCUT2D eigenvalue weighted by molar-refractivity contribution is 5.82. The Labute approximate surface area is 125 Å². The Kier molecular flexibility index (Phi) is 5.02. The average Bonchev–Trinajstić information content (AvgIpc) is 2.81. The van der Waals surface area contributed by atoms with Crippen LogP contribution in [0.5, 0.6) is 0 Å². The van der Waals surface area contributed by atoms with E-state index in [1.165, 1.54) is 5.56 Å². The van der Waals surface area contributed by atoms with Gasteiger partial charge in [0.05, 0.1) is 6.61 Å². The summed E-state index contributed by atoms with van der Waals surface area (Å²) in [7, 11) is 1.59. The number of benzene rings is 1. The van der Waals surface area contributed by atoms with Crippen LogP contribution in [-0.2, 0) is 20.8 Å². The molecule has 0 aliphatic heterocycles. The molecule has 0 amide bonds. The first-order chi connectivity index (χ1) is 10.0. The zero-order chi connectivity index (χ0) is 15.4. The van der Waals surface area contributed by atoms with Gasteiger partial charge in [-0.15, -0.1) is 0 Å². The predicted molar refractivity (Wildman–Crippen MR) is 83.5 cm³/mol. The Balaban J connectivity index is 2.10. The van der Waals surface area contributed by atoms with E-state index in [-0.39, 0.29) is 18.6 Å². The number of rotatable bonds is 6. The molecule has 0 saturated carbocycles. The van der Waals surface area contributed by atoms with Gasteiger partial charge in [-0.2, -0.15) is 0 Å². The van der Waals surface area contributed by atoms with Gasteiger partial charge in [-0.25, -0.2) is 0 Å². The van der Waals surface area contributed by atoms with Crippen LogP contribution < -0.4 is 0 Å². The first-order valence-corrected chi connectivity index (χ1v) is 7.28. The third kappa shape index (κ3) is 3.85. The number of ether oxygens (including phenoxy) is 2. The van der Waals surface area contributed by atoms with Gasteiger partial charge in [0.2, 0.25) is 0 Å². The largest absolute Gasteiger partial charge is 0.459 e. The molecule has 0 radical (unpaired) electrons. The number of nitrogens with zero attached hydrogens (tertiary/aromatic N) is 1. The SMILES string of the molecule is COCC(C)OC(=O)Cn1ccc2cc(C(C)C)ccc21. The van der Waals surface area contributed by atoms with E-state index in [0.29, 0.717) is 12.5 Å². The lowest BCUT2D eigenvalue weighted by molar-refractivity contribution is -0.151. The Morgan fingerprint density at radius 3 is 2.67 bits per heavy atom. The van der Waals surface area contributed by atoms with Crippen LogP contribution in [0.4, 0.5) is 0 Å². The van der Waals surface area contributed by atoms with Gasteiger partial charge in [0.1, 0.15) is 12.6 Å². The molecule has 2 rings (SSSR count). The number of aromatic nitrogens is 1. The van der Waals surface area contributed by atoms with Gasteiger partial charge in [-0.3, -0.25) is 4.79 Å². The number of hydrogen-bond donors (Lipinski definition) is 0. The molecule has 1 aromatic heterocycles. The number of methoxy groups -OCH3 is 1. The minimum Gasteiger partial charge on any atom is -0.459 e. The molecule has 0 fully saturated rings. The lowest BCUT2D eigenvalue weighted by atomic mass is 10.0. The topological polar surface area (TPSA) is 40.5 Å². The monoisotopic (exact) mass is 289 g/mol. The van der Waals surface area contributed by atoms with E-state index in [9.17, 15) is 4.79 Å². The van der Waals surface area contributed by atoms with Crippen molar-refractivity contribution in [2.24, 2.45) is 0 Å². The maximum Gasteiger partial charge on any atom is 0.326 e. The summed E-state index contributed by atoms with van der Waals surface area (Å²) in [6.45, 7) is 6.80. The summed E-state index contributed by atoms with van der Waals surface area (Å²) in [5, 5.41) is 1.15. The smallest absolute Gasteiger partial charge is 0.326 e. The van der Waals surface area contributed by atoms with E-state index >= 15 is 0 Å². The van der Waals surface area contributed by atoms with Crippen molar-refractivity contribution in [3.05, 3.63) is 36.0 Å². The Bertz CT molecular complexity index is 616. The zero-order valence-corrected chi connectivity index (χ0v) is 13.1. The van der Waals surface area contributed by atoms with Crippen LogP contribution in [0.25, 0.3) is 10.9 Å². The summed E-state index contributed by atoms with van der Waals surface area (Å²) in [6, 6.07) is 8.39. The summed E-state index contributed by atoms with van der Waals surface area (Å²) >= 11 is 0. The quantitative estimate of drug-likeness (QED) is 0.766. The third-order valence-electron chi connectivity index (χ3n) is 3.50. The molecule has 1 aromatic carbocycles. The van der Waals surface area contributed by atoms with Gasteiger partial charge < -0.3 is 14.0 Å². The van der Waals surface area contributed by atoms with E-state index in [0.717, 1.165) is 10.9 Å². The second-order valence-electron chi connectivity index (χ2n) is 5.67. The number of carbonyl (C=O) groups is 1. The molecule has 1 atom stereocenters. The Hall–Kier alpha value is -1.81. The number of fused-ring (bicyclic) bond motifs is 1. The molecular weight excluding hydrogens is 266 g/mol. The summed E-state index contributed by atoms with van der Waals surface area (Å²) in [5.74, 6) is 0.252. The highest BCUT2D eigenvalue weighted by Crippen LogP contribution is 2.22. The van der Waals surface area contributed by atoms with Crippen molar-refractivity contribution in [1.29, 1.82) is 0 Å². The molecule has 0 aliphatic carbocycles. The predicted octanol–water partition coefficient (Wildman–Crippen LogP) is 3.34. The van der Waals surface area contributed by atoms with Crippen LogP contribution >= 0.6 is 0 Å². The van der Waals surface area contributed by atoms with Gasteiger partial charge in [0.25, 0.3) is 0 Å². The first-order valence-electron chi connectivity index (χ1n) is 7.28. The molecule has 4 heteroatoms. The third-order valence-corrected chi connectivity index (χ3v) is 3.50. The second kappa shape index (κ2) is 6.76. The molecule has 0 aliphatic rings. The molecule has 21 heavy (non-hydrogen) atoms. The average molecular weight is 289 g/mol. The fourth-order valence-electron chi connectivity index (χ4n) is 2.39. The van der Waals surface area contributed by atoms with Crippen molar-refractivity contribution in [3.63, 3.8) is 0 Å². The molecule has 1 heterocycles. The summed E-state index contributed by atoms with van der Waals surface area (Å²) in [4.78, 5) is 11.9. The normalized spacial score (nSPS) is 12.8. The van der Waals surface area contributed by atoms with Crippen molar-refractivity contribution < 1.29 is 14.3 Å². The highest BCUT2D eigenvalue weighted by atomic mass is 16.6. The minimum absolute atomic E-state index is 0.221. The summed E-state index contributed by atoms with van der Waals surface area (Å²) < 4.78 is 12.2. The molecule has 0 saturated heterocycles. The van der Waals surface area contributed by atoms with Crippen LogP contribution in [0.1, 0.15) is 32.3 Å². The van der Waals surface area contributed by atoms with Crippen molar-refractivity contribution >= 4 is 16.9 Å². The Morgan fingerprint density at radius 2 is 2.00 bits per heavy atom. The molecule has 0 spiro atoms. The number of hydrogen-bond acceptors (Lipinski definition) is 3. The number of esters is 1. The van der Waals surface area contributed by atoms with Crippen molar-refractivity contribution in [2.75, 3.05) is 13.7 Å². The zero-order valence-electron chi connectivity index (χ0n) is 13.1. The van der Waals surface area contributed by atoms with Crippen LogP contribution in [0.3, 0.4) is 0 Å². The van der Waals surface area contributed by atoms with E-state index in [1.807, 2.05) is 23.8 Å². The standard InChI is InChI=1S/C17H23NO3/c1-12(2)14-5-6-16-15(9-14)7-8-18(16)10-17(19)21-13(3)11-20-4/h5-9,12-13H,10-11H2,1-4H3. The molecule has 1 unspecified atom stereocenters. The van der Waals surface area contributed by atoms with Gasteiger partial charge in [-0.1, -0.05) is 19.9 Å². The maximum absolute atomic E-state index is 11.9. The van der Waals surface area contributed by atoms with Crippen molar-refractivity contribution in [3.8, 4) is 0 Å². The van der Waals surface area contributed by atoms with Crippen molar-refractivity contribution in [2.45, 2.75) is 39.3 Å². The number of carbonyl (C=O) groups excluding carboxylic acids is 1. The van der Waals surface area contributed by atoms with Gasteiger partial charge >= 0.3 is 5.97 Å². The lowest BCUT2D eigenvalue weighted by Crippen LogP contribution is -2.22. The molecule has 0 N–H and O–H groups in total. The van der Waals surface area contributed by atoms with Crippen molar-refractivity contribution in [1.82, 2.24) is 4.57 Å². The van der Waals surface area contributed by atoms with Crippen LogP contribution in [-0.4, -0.2) is 30.4 Å². The molecular formula is C17H23NO3. The Morgan fingerprint density at radius 1 is 1.24 bits per heavy atom. The van der Waals surface area contributed by atoms with Crippen LogP contribution in [0.2, 0.25) is 0 Å².